The topological polar surface area (TPSA) is 144 Å². The monoisotopic (exact) mass is 764 g/mol. The van der Waals surface area contributed by atoms with Gasteiger partial charge in [-0.15, -0.1) is 0 Å². The Bertz CT molecular complexity index is 2230. The Balaban J connectivity index is 1.24. The summed E-state index contributed by atoms with van der Waals surface area (Å²) in [6, 6.07) is 24.2. The molecule has 8 rings (SSSR count). The van der Waals surface area contributed by atoms with Gasteiger partial charge in [0.2, 0.25) is 5.91 Å². The van der Waals surface area contributed by atoms with Crippen LogP contribution < -0.4 is 21.3 Å². The highest BCUT2D eigenvalue weighted by atomic mass is 35.5. The van der Waals surface area contributed by atoms with Crippen molar-refractivity contribution in [1.82, 2.24) is 25.2 Å². The van der Waals surface area contributed by atoms with Gasteiger partial charge >= 0.3 is 6.03 Å². The number of hydrogen-bond donors (Lipinski definition) is 5. The van der Waals surface area contributed by atoms with E-state index in [4.69, 9.17) is 28.2 Å². The molecule has 5 aromatic rings. The van der Waals surface area contributed by atoms with Gasteiger partial charge in [-0.2, -0.15) is 0 Å². The van der Waals surface area contributed by atoms with E-state index in [1.54, 1.807) is 48.7 Å². The van der Waals surface area contributed by atoms with Gasteiger partial charge in [0.05, 0.1) is 28.0 Å². The SMILES string of the molecule is O=C(Nc1ccc(Cl)cn1)NC1(c2ccccn2)CCC2C/C2=C(\Nc2ccc(Cl)cn2)N2C[C@@](O)(c3ccccc3)C[C@@H]2C(=O)Nc2cc1ccc2F. The van der Waals surface area contributed by atoms with Gasteiger partial charge in [0.1, 0.15) is 40.5 Å². The molecule has 4 atom stereocenters. The van der Waals surface area contributed by atoms with Crippen LogP contribution in [-0.4, -0.2) is 49.5 Å². The van der Waals surface area contributed by atoms with Crippen LogP contribution in [0.2, 0.25) is 10.0 Å². The number of hydrogen-bond acceptors (Lipinski definition) is 8. The second-order valence-electron chi connectivity index (χ2n) is 13.8. The van der Waals surface area contributed by atoms with Crippen molar-refractivity contribution < 1.29 is 19.1 Å². The van der Waals surface area contributed by atoms with E-state index < -0.39 is 34.9 Å². The molecule has 14 heteroatoms. The molecule has 2 aliphatic heterocycles. The summed E-state index contributed by atoms with van der Waals surface area (Å²) < 4.78 is 15.8. The summed E-state index contributed by atoms with van der Waals surface area (Å²) in [6.45, 7) is 0.0854. The minimum Gasteiger partial charge on any atom is -0.383 e. The molecule has 2 bridgehead atoms. The molecule has 5 heterocycles. The van der Waals surface area contributed by atoms with Gasteiger partial charge in [-0.05, 0) is 90.4 Å². The Morgan fingerprint density at radius 3 is 2.35 bits per heavy atom. The standard InChI is InChI=1S/C40H35Cl2FN8O3/c41-27-10-13-34(45-21-27)48-36-29-18-24(29)15-16-40(33-8-4-5-17-44-33,50-38(53)49-35-14-11-28(42)22-46-35)26-9-12-30(43)31(19-26)47-37(52)32-20-39(54,23-51(32)36)25-6-2-1-3-7-25/h1-14,17,19,21-22,24,32,54H,15-16,18,20,23H2,(H,45,48)(H,47,52)(H2,46,49,50,53)/b36-29-/t24?,32-,39-,40?/m1/s1. The summed E-state index contributed by atoms with van der Waals surface area (Å²) >= 11 is 12.2. The fourth-order valence-electron chi connectivity index (χ4n) is 7.51. The van der Waals surface area contributed by atoms with E-state index >= 15 is 4.39 Å². The first-order valence-corrected chi connectivity index (χ1v) is 18.3. The minimum atomic E-state index is -1.39. The number of amides is 3. The van der Waals surface area contributed by atoms with E-state index in [1.807, 2.05) is 47.4 Å². The molecule has 2 aromatic carbocycles. The van der Waals surface area contributed by atoms with Crippen molar-refractivity contribution in [2.45, 2.75) is 42.9 Å². The van der Waals surface area contributed by atoms with Crippen LogP contribution in [0, 0.1) is 11.7 Å². The highest BCUT2D eigenvalue weighted by Crippen LogP contribution is 2.50. The Morgan fingerprint density at radius 1 is 0.907 bits per heavy atom. The van der Waals surface area contributed by atoms with Crippen molar-refractivity contribution in [2.24, 2.45) is 5.92 Å². The predicted molar refractivity (Wildman–Crippen MR) is 204 cm³/mol. The number of benzene rings is 2. The molecule has 2 fully saturated rings. The Hall–Kier alpha value is -5.56. The maximum atomic E-state index is 15.8. The third-order valence-corrected chi connectivity index (χ3v) is 10.7. The maximum absolute atomic E-state index is 15.8. The lowest BCUT2D eigenvalue weighted by Crippen LogP contribution is -2.49. The number of anilines is 3. The number of urea groups is 1. The molecule has 1 saturated carbocycles. The fourth-order valence-corrected chi connectivity index (χ4v) is 7.74. The molecule has 3 aliphatic rings. The van der Waals surface area contributed by atoms with Crippen molar-refractivity contribution in [3.63, 3.8) is 0 Å². The molecular formula is C40H35Cl2FN8O3. The van der Waals surface area contributed by atoms with Gasteiger partial charge in [-0.1, -0.05) is 65.7 Å². The summed E-state index contributed by atoms with van der Waals surface area (Å²) in [6.07, 6.45) is 6.23. The molecule has 1 aliphatic carbocycles. The van der Waals surface area contributed by atoms with Crippen molar-refractivity contribution in [3.05, 3.63) is 154 Å². The van der Waals surface area contributed by atoms with Gasteiger partial charge in [-0.3, -0.25) is 15.1 Å². The van der Waals surface area contributed by atoms with Crippen LogP contribution in [0.4, 0.5) is 26.5 Å². The van der Waals surface area contributed by atoms with E-state index in [0.717, 1.165) is 5.57 Å². The first-order chi connectivity index (χ1) is 26.1. The molecule has 0 spiro atoms. The number of carbonyl (C=O) groups is 2. The van der Waals surface area contributed by atoms with Crippen LogP contribution in [0.3, 0.4) is 0 Å². The van der Waals surface area contributed by atoms with Crippen LogP contribution in [0.5, 0.6) is 0 Å². The number of allylic oxidation sites excluding steroid dienone is 1. The summed E-state index contributed by atoms with van der Waals surface area (Å²) in [5, 5.41) is 25.3. The number of nitrogens with one attached hydrogen (secondary N) is 4. The lowest BCUT2D eigenvalue weighted by molar-refractivity contribution is -0.120. The van der Waals surface area contributed by atoms with Crippen LogP contribution in [0.15, 0.2) is 121 Å². The molecule has 5 N–H and O–H groups in total. The Labute approximate surface area is 320 Å². The number of rotatable bonds is 6. The molecule has 0 radical (unpaired) electrons. The van der Waals surface area contributed by atoms with E-state index in [9.17, 15) is 14.7 Å². The zero-order chi connectivity index (χ0) is 37.5. The summed E-state index contributed by atoms with van der Waals surface area (Å²) in [7, 11) is 0. The molecule has 3 aromatic heterocycles. The van der Waals surface area contributed by atoms with Gasteiger partial charge in [0, 0.05) is 25.0 Å². The fraction of sp³-hybridized carbons (Fsp3) is 0.225. The normalized spacial score (nSPS) is 24.8. The van der Waals surface area contributed by atoms with Crippen LogP contribution in [0.1, 0.15) is 42.5 Å². The number of aliphatic hydroxyl groups is 1. The van der Waals surface area contributed by atoms with Crippen molar-refractivity contribution >= 4 is 52.5 Å². The highest BCUT2D eigenvalue weighted by Gasteiger charge is 2.51. The molecule has 1 saturated heterocycles. The molecule has 3 amide bonds. The third-order valence-electron chi connectivity index (χ3n) is 10.3. The van der Waals surface area contributed by atoms with Crippen LogP contribution in [0.25, 0.3) is 0 Å². The lowest BCUT2D eigenvalue weighted by Gasteiger charge is -2.35. The second-order valence-corrected chi connectivity index (χ2v) is 14.7. The number of aromatic nitrogens is 3. The highest BCUT2D eigenvalue weighted by molar-refractivity contribution is 6.30. The maximum Gasteiger partial charge on any atom is 0.321 e. The van der Waals surface area contributed by atoms with E-state index in [0.29, 0.717) is 57.8 Å². The van der Waals surface area contributed by atoms with E-state index in [2.05, 4.69) is 31.2 Å². The Morgan fingerprint density at radius 2 is 1.65 bits per heavy atom. The second kappa shape index (κ2) is 14.3. The van der Waals surface area contributed by atoms with Crippen molar-refractivity contribution in [1.29, 1.82) is 0 Å². The molecule has 11 nitrogen and oxygen atoms in total. The number of pyridine rings is 3. The molecule has 54 heavy (non-hydrogen) atoms. The summed E-state index contributed by atoms with van der Waals surface area (Å²) in [5.74, 6) is 0.248. The molecular weight excluding hydrogens is 730 g/mol. The quantitative estimate of drug-likeness (QED) is 0.120. The largest absolute Gasteiger partial charge is 0.383 e. The average molecular weight is 766 g/mol. The van der Waals surface area contributed by atoms with E-state index in [1.165, 1.54) is 18.5 Å². The van der Waals surface area contributed by atoms with Crippen LogP contribution >= 0.6 is 23.2 Å². The summed E-state index contributed by atoms with van der Waals surface area (Å²) in [5.41, 5.74) is -0.0388. The zero-order valence-electron chi connectivity index (χ0n) is 28.8. The van der Waals surface area contributed by atoms with Gasteiger partial charge in [0.15, 0.2) is 0 Å². The van der Waals surface area contributed by atoms with E-state index in [-0.39, 0.29) is 30.4 Å². The van der Waals surface area contributed by atoms with Gasteiger partial charge < -0.3 is 26.0 Å². The first-order valence-electron chi connectivity index (χ1n) is 17.5. The van der Waals surface area contributed by atoms with Crippen molar-refractivity contribution in [3.8, 4) is 0 Å². The van der Waals surface area contributed by atoms with Crippen molar-refractivity contribution in [2.75, 3.05) is 22.5 Å². The van der Waals surface area contributed by atoms with Gasteiger partial charge in [0.25, 0.3) is 0 Å². The number of halogens is 3. The average Bonchev–Trinajstić information content (AvgIpc) is 3.86. The minimum absolute atomic E-state index is 0.0143. The number of carbonyl (C=O) groups excluding carboxylic acids is 2. The molecule has 2 unspecified atom stereocenters. The number of fused-ring (bicyclic) bond motifs is 4. The smallest absolute Gasteiger partial charge is 0.321 e. The Kier molecular flexibility index (Phi) is 9.43. The van der Waals surface area contributed by atoms with Crippen LogP contribution in [-0.2, 0) is 15.9 Å². The predicted octanol–water partition coefficient (Wildman–Crippen LogP) is 7.42. The third kappa shape index (κ3) is 7.07. The summed E-state index contributed by atoms with van der Waals surface area (Å²) in [4.78, 5) is 43.5. The molecule has 274 valence electrons. The zero-order valence-corrected chi connectivity index (χ0v) is 30.3. The first kappa shape index (κ1) is 35.5. The lowest BCUT2D eigenvalue weighted by atomic mass is 9.81. The van der Waals surface area contributed by atoms with Gasteiger partial charge in [-0.25, -0.2) is 19.2 Å². The number of nitrogens with zero attached hydrogens (tertiary/aromatic N) is 4.